The largest absolute Gasteiger partial charge is 0.382 e. The van der Waals surface area contributed by atoms with Gasteiger partial charge in [-0.25, -0.2) is 8.42 Å². The molecule has 0 fully saturated rings. The average molecular weight is 290 g/mol. The minimum atomic E-state index is -3.95. The van der Waals surface area contributed by atoms with Gasteiger partial charge < -0.3 is 4.74 Å². The number of nitrogens with one attached hydrogen (secondary N) is 1. The van der Waals surface area contributed by atoms with Gasteiger partial charge in [-0.1, -0.05) is 11.0 Å². The molecule has 1 aromatic rings. The second kappa shape index (κ2) is 6.57. The molecule has 0 aliphatic heterocycles. The molecule has 0 atom stereocenters. The van der Waals surface area contributed by atoms with E-state index in [0.29, 0.717) is 5.56 Å². The van der Waals surface area contributed by atoms with Gasteiger partial charge in [0.05, 0.1) is 23.0 Å². The Bertz CT molecular complexity index is 557. The molecular formula is C10H14N2O6S. The van der Waals surface area contributed by atoms with Gasteiger partial charge in [0.1, 0.15) is 0 Å². The number of nitro benzene ring substituents is 1. The Morgan fingerprint density at radius 1 is 1.37 bits per heavy atom. The molecular weight excluding hydrogens is 276 g/mol. The van der Waals surface area contributed by atoms with Crippen molar-refractivity contribution >= 4 is 15.7 Å². The molecule has 0 amide bonds. The number of aryl methyl sites for hydroxylation is 1. The zero-order valence-corrected chi connectivity index (χ0v) is 11.3. The van der Waals surface area contributed by atoms with E-state index in [1.165, 1.54) is 26.2 Å². The lowest BCUT2D eigenvalue weighted by molar-refractivity contribution is -0.385. The molecule has 0 aromatic heterocycles. The molecule has 1 rings (SSSR count). The van der Waals surface area contributed by atoms with Crippen LogP contribution in [0, 0.1) is 17.0 Å². The monoisotopic (exact) mass is 290 g/mol. The van der Waals surface area contributed by atoms with Crippen molar-refractivity contribution < 1.29 is 22.9 Å². The maximum Gasteiger partial charge on any atom is 0.273 e. The van der Waals surface area contributed by atoms with Gasteiger partial charge >= 0.3 is 0 Å². The summed E-state index contributed by atoms with van der Waals surface area (Å²) in [4.78, 5) is 16.4. The summed E-state index contributed by atoms with van der Waals surface area (Å²) in [6, 6.07) is 3.61. The maximum absolute atomic E-state index is 11.8. The summed E-state index contributed by atoms with van der Waals surface area (Å²) in [6.07, 6.45) is 0. The third kappa shape index (κ3) is 4.24. The number of sulfonamides is 1. The van der Waals surface area contributed by atoms with Crippen LogP contribution in [0.3, 0.4) is 0 Å². The fourth-order valence-electron chi connectivity index (χ4n) is 1.25. The van der Waals surface area contributed by atoms with E-state index in [9.17, 15) is 18.5 Å². The fourth-order valence-corrected chi connectivity index (χ4v) is 2.09. The minimum Gasteiger partial charge on any atom is -0.382 e. The van der Waals surface area contributed by atoms with Crippen LogP contribution < -0.4 is 4.89 Å². The second-order valence-corrected chi connectivity index (χ2v) is 5.28. The van der Waals surface area contributed by atoms with E-state index in [4.69, 9.17) is 4.84 Å². The van der Waals surface area contributed by atoms with E-state index < -0.39 is 14.9 Å². The highest BCUT2D eigenvalue weighted by molar-refractivity contribution is 7.89. The Labute approximate surface area is 110 Å². The number of benzene rings is 1. The van der Waals surface area contributed by atoms with Crippen LogP contribution in [0.2, 0.25) is 0 Å². The first-order valence-corrected chi connectivity index (χ1v) is 6.74. The third-order valence-corrected chi connectivity index (χ3v) is 3.46. The first-order chi connectivity index (χ1) is 8.88. The van der Waals surface area contributed by atoms with Gasteiger partial charge in [0.2, 0.25) is 0 Å². The summed E-state index contributed by atoms with van der Waals surface area (Å²) in [7, 11) is -2.50. The molecule has 0 bridgehead atoms. The third-order valence-electron chi connectivity index (χ3n) is 2.25. The van der Waals surface area contributed by atoms with Crippen LogP contribution in [0.4, 0.5) is 5.69 Å². The molecule has 106 valence electrons. The molecule has 1 aromatic carbocycles. The van der Waals surface area contributed by atoms with E-state index >= 15 is 0 Å². The molecule has 1 N–H and O–H groups in total. The predicted molar refractivity (Wildman–Crippen MR) is 66.0 cm³/mol. The highest BCUT2D eigenvalue weighted by Gasteiger charge is 2.19. The molecule has 0 spiro atoms. The van der Waals surface area contributed by atoms with Gasteiger partial charge in [0.15, 0.2) is 0 Å². The summed E-state index contributed by atoms with van der Waals surface area (Å²) in [5, 5.41) is 10.7. The van der Waals surface area contributed by atoms with Crippen molar-refractivity contribution in [2.75, 3.05) is 20.3 Å². The summed E-state index contributed by atoms with van der Waals surface area (Å²) in [6.45, 7) is 1.78. The van der Waals surface area contributed by atoms with Crippen molar-refractivity contribution in [2.24, 2.45) is 0 Å². The van der Waals surface area contributed by atoms with E-state index in [0.717, 1.165) is 6.07 Å². The van der Waals surface area contributed by atoms with Gasteiger partial charge in [-0.3, -0.25) is 15.0 Å². The normalized spacial score (nSPS) is 11.5. The average Bonchev–Trinajstić information content (AvgIpc) is 2.34. The predicted octanol–water partition coefficient (Wildman–Crippen LogP) is 0.760. The lowest BCUT2D eigenvalue weighted by Gasteiger charge is -2.07. The van der Waals surface area contributed by atoms with Crippen LogP contribution in [-0.4, -0.2) is 33.7 Å². The van der Waals surface area contributed by atoms with Crippen molar-refractivity contribution in [1.82, 2.24) is 4.89 Å². The number of methoxy groups -OCH3 is 1. The summed E-state index contributed by atoms with van der Waals surface area (Å²) in [5.74, 6) is 0. The zero-order valence-electron chi connectivity index (χ0n) is 10.5. The minimum absolute atomic E-state index is 0.0314. The second-order valence-electron chi connectivity index (χ2n) is 3.63. The van der Waals surface area contributed by atoms with Gasteiger partial charge in [-0.15, -0.1) is 0 Å². The number of nitro groups is 1. The van der Waals surface area contributed by atoms with Gasteiger partial charge in [-0.05, 0) is 13.0 Å². The van der Waals surface area contributed by atoms with E-state index in [1.54, 1.807) is 0 Å². The van der Waals surface area contributed by atoms with E-state index in [-0.39, 0.29) is 23.8 Å². The molecule has 0 radical (unpaired) electrons. The van der Waals surface area contributed by atoms with Crippen LogP contribution in [0.5, 0.6) is 0 Å². The van der Waals surface area contributed by atoms with E-state index in [1.807, 2.05) is 4.89 Å². The first kappa shape index (κ1) is 15.5. The van der Waals surface area contributed by atoms with Gasteiger partial charge in [0, 0.05) is 18.7 Å². The SMILES string of the molecule is COCCONS(=O)(=O)c1ccc(C)c([N+](=O)[O-])c1. The number of ether oxygens (including phenoxy) is 1. The highest BCUT2D eigenvalue weighted by Crippen LogP contribution is 2.21. The molecule has 9 heteroatoms. The topological polar surface area (TPSA) is 108 Å². The maximum atomic E-state index is 11.8. The molecule has 19 heavy (non-hydrogen) atoms. The molecule has 0 unspecified atom stereocenters. The highest BCUT2D eigenvalue weighted by atomic mass is 32.2. The fraction of sp³-hybridized carbons (Fsp3) is 0.400. The van der Waals surface area contributed by atoms with Crippen molar-refractivity contribution in [1.29, 1.82) is 0 Å². The Morgan fingerprint density at radius 3 is 2.63 bits per heavy atom. The van der Waals surface area contributed by atoms with Crippen LogP contribution >= 0.6 is 0 Å². The lowest BCUT2D eigenvalue weighted by Crippen LogP contribution is -2.25. The Balaban J connectivity index is 2.89. The first-order valence-electron chi connectivity index (χ1n) is 5.26. The molecule has 0 saturated carbocycles. The summed E-state index contributed by atoms with van der Waals surface area (Å²) < 4.78 is 28.2. The molecule has 0 heterocycles. The number of nitrogens with zero attached hydrogens (tertiary/aromatic N) is 1. The Kier molecular flexibility index (Phi) is 5.36. The Hall–Kier alpha value is -1.55. The standard InChI is InChI=1S/C10H14N2O6S/c1-8-3-4-9(7-10(8)12(13)14)19(15,16)11-18-6-5-17-2/h3-4,7,11H,5-6H2,1-2H3. The van der Waals surface area contributed by atoms with Crippen molar-refractivity contribution in [2.45, 2.75) is 11.8 Å². The smallest absolute Gasteiger partial charge is 0.273 e. The van der Waals surface area contributed by atoms with Gasteiger partial charge in [-0.2, -0.15) is 0 Å². The van der Waals surface area contributed by atoms with Crippen molar-refractivity contribution in [3.8, 4) is 0 Å². The quantitative estimate of drug-likeness (QED) is 0.451. The van der Waals surface area contributed by atoms with Gasteiger partial charge in [0.25, 0.3) is 15.7 Å². The Morgan fingerprint density at radius 2 is 2.05 bits per heavy atom. The van der Waals surface area contributed by atoms with Crippen molar-refractivity contribution in [3.05, 3.63) is 33.9 Å². The lowest BCUT2D eigenvalue weighted by atomic mass is 10.2. The summed E-state index contributed by atoms with van der Waals surface area (Å²) in [5.41, 5.74) is 0.115. The molecule has 8 nitrogen and oxygen atoms in total. The van der Waals surface area contributed by atoms with Crippen molar-refractivity contribution in [3.63, 3.8) is 0 Å². The van der Waals surface area contributed by atoms with E-state index in [2.05, 4.69) is 4.74 Å². The molecule has 0 aliphatic carbocycles. The number of rotatable bonds is 7. The molecule has 0 aliphatic rings. The number of hydrogen-bond donors (Lipinski definition) is 1. The summed E-state index contributed by atoms with van der Waals surface area (Å²) >= 11 is 0. The zero-order chi connectivity index (χ0) is 14.5. The van der Waals surface area contributed by atoms with Crippen LogP contribution in [0.15, 0.2) is 23.1 Å². The van der Waals surface area contributed by atoms with Crippen LogP contribution in [0.25, 0.3) is 0 Å². The van der Waals surface area contributed by atoms with Crippen LogP contribution in [-0.2, 0) is 19.6 Å². The number of hydrogen-bond acceptors (Lipinski definition) is 6. The molecule has 0 saturated heterocycles. The van der Waals surface area contributed by atoms with Crippen LogP contribution in [0.1, 0.15) is 5.56 Å².